The van der Waals surface area contributed by atoms with Gasteiger partial charge in [0, 0.05) is 11.8 Å². The molecule has 0 atom stereocenters. The highest BCUT2D eigenvalue weighted by atomic mass is 16.5. The average molecular weight is 294 g/mol. The maximum Gasteiger partial charge on any atom is 0.244 e. The normalized spacial score (nSPS) is 10.3. The average Bonchev–Trinajstić information content (AvgIpc) is 2.62. The molecule has 22 heavy (non-hydrogen) atoms. The van der Waals surface area contributed by atoms with Crippen LogP contribution in [0.15, 0.2) is 48.7 Å². The van der Waals surface area contributed by atoms with Crippen LogP contribution in [-0.2, 0) is 0 Å². The molecule has 0 N–H and O–H groups in total. The smallest absolute Gasteiger partial charge is 0.244 e. The standard InChI is InChI=1S/C16H14N4O2/c1-21-12-8-6-11(7-9-12)14-16(22-2)18-15(20-19-14)13-5-3-4-10-17-13/h3-10H,1-2H3. The number of methoxy groups -OCH3 is 2. The van der Waals surface area contributed by atoms with E-state index in [1.807, 2.05) is 42.5 Å². The lowest BCUT2D eigenvalue weighted by Gasteiger charge is -2.08. The number of hydrogen-bond donors (Lipinski definition) is 0. The molecule has 2 heterocycles. The van der Waals surface area contributed by atoms with E-state index in [9.17, 15) is 0 Å². The SMILES string of the molecule is COc1ccc(-c2nnc(-c3ccccn3)nc2OC)cc1. The molecular weight excluding hydrogens is 280 g/mol. The van der Waals surface area contributed by atoms with Gasteiger partial charge < -0.3 is 9.47 Å². The first kappa shape index (κ1) is 13.9. The largest absolute Gasteiger partial charge is 0.497 e. The summed E-state index contributed by atoms with van der Waals surface area (Å²) in [5.41, 5.74) is 2.07. The Bertz CT molecular complexity index is 761. The Morgan fingerprint density at radius 3 is 2.32 bits per heavy atom. The molecule has 3 aromatic rings. The van der Waals surface area contributed by atoms with Crippen LogP contribution in [-0.4, -0.2) is 34.4 Å². The van der Waals surface area contributed by atoms with Gasteiger partial charge in [-0.15, -0.1) is 10.2 Å². The van der Waals surface area contributed by atoms with E-state index in [0.29, 0.717) is 23.1 Å². The van der Waals surface area contributed by atoms with Crippen LogP contribution in [0.25, 0.3) is 22.8 Å². The maximum absolute atomic E-state index is 5.35. The van der Waals surface area contributed by atoms with Crippen molar-refractivity contribution >= 4 is 0 Å². The van der Waals surface area contributed by atoms with Gasteiger partial charge >= 0.3 is 0 Å². The molecule has 0 fully saturated rings. The highest BCUT2D eigenvalue weighted by Crippen LogP contribution is 2.28. The van der Waals surface area contributed by atoms with E-state index in [4.69, 9.17) is 9.47 Å². The monoisotopic (exact) mass is 294 g/mol. The van der Waals surface area contributed by atoms with E-state index in [1.54, 1.807) is 20.4 Å². The Kier molecular flexibility index (Phi) is 3.91. The number of nitrogens with zero attached hydrogens (tertiary/aromatic N) is 4. The van der Waals surface area contributed by atoms with Crippen molar-refractivity contribution in [3.63, 3.8) is 0 Å². The fourth-order valence-corrected chi connectivity index (χ4v) is 1.99. The molecular formula is C16H14N4O2. The van der Waals surface area contributed by atoms with E-state index >= 15 is 0 Å². The molecule has 0 aliphatic rings. The Hall–Kier alpha value is -3.02. The van der Waals surface area contributed by atoms with Gasteiger partial charge in [0.15, 0.2) is 5.69 Å². The second-order valence-corrected chi connectivity index (χ2v) is 4.44. The molecule has 110 valence electrons. The summed E-state index contributed by atoms with van der Waals surface area (Å²) in [4.78, 5) is 8.60. The van der Waals surface area contributed by atoms with Crippen molar-refractivity contribution < 1.29 is 9.47 Å². The molecule has 0 spiro atoms. The molecule has 0 aliphatic heterocycles. The minimum Gasteiger partial charge on any atom is -0.497 e. The summed E-state index contributed by atoms with van der Waals surface area (Å²) < 4.78 is 10.5. The van der Waals surface area contributed by atoms with Gasteiger partial charge in [-0.2, -0.15) is 4.98 Å². The second-order valence-electron chi connectivity index (χ2n) is 4.44. The van der Waals surface area contributed by atoms with E-state index < -0.39 is 0 Å². The molecule has 0 radical (unpaired) electrons. The van der Waals surface area contributed by atoms with Crippen molar-refractivity contribution in [2.75, 3.05) is 14.2 Å². The predicted octanol–water partition coefficient (Wildman–Crippen LogP) is 2.62. The summed E-state index contributed by atoms with van der Waals surface area (Å²) in [7, 11) is 3.18. The minimum absolute atomic E-state index is 0.404. The molecule has 6 nitrogen and oxygen atoms in total. The number of hydrogen-bond acceptors (Lipinski definition) is 6. The molecule has 0 amide bonds. The molecule has 0 saturated heterocycles. The highest BCUT2D eigenvalue weighted by Gasteiger charge is 2.13. The van der Waals surface area contributed by atoms with Crippen molar-refractivity contribution in [2.45, 2.75) is 0 Å². The predicted molar refractivity (Wildman–Crippen MR) is 81.6 cm³/mol. The third-order valence-corrected chi connectivity index (χ3v) is 3.11. The van der Waals surface area contributed by atoms with Gasteiger partial charge in [-0.3, -0.25) is 4.98 Å². The van der Waals surface area contributed by atoms with Crippen LogP contribution in [0.5, 0.6) is 11.6 Å². The van der Waals surface area contributed by atoms with E-state index in [0.717, 1.165) is 11.3 Å². The van der Waals surface area contributed by atoms with Gasteiger partial charge in [0.05, 0.1) is 14.2 Å². The summed E-state index contributed by atoms with van der Waals surface area (Å²) in [6.07, 6.45) is 1.68. The zero-order valence-electron chi connectivity index (χ0n) is 12.2. The van der Waals surface area contributed by atoms with Crippen molar-refractivity contribution in [3.8, 4) is 34.4 Å². The summed E-state index contributed by atoms with van der Waals surface area (Å²) >= 11 is 0. The van der Waals surface area contributed by atoms with Crippen molar-refractivity contribution in [3.05, 3.63) is 48.7 Å². The fraction of sp³-hybridized carbons (Fsp3) is 0.125. The van der Waals surface area contributed by atoms with Crippen molar-refractivity contribution in [1.82, 2.24) is 20.2 Å². The summed E-state index contributed by atoms with van der Waals surface area (Å²) in [6, 6.07) is 13.0. The number of aromatic nitrogens is 4. The zero-order valence-corrected chi connectivity index (χ0v) is 12.2. The third kappa shape index (κ3) is 2.71. The van der Waals surface area contributed by atoms with Crippen LogP contribution in [0, 0.1) is 0 Å². The van der Waals surface area contributed by atoms with Gasteiger partial charge in [0.2, 0.25) is 11.7 Å². The quantitative estimate of drug-likeness (QED) is 0.736. The first-order chi connectivity index (χ1) is 10.8. The summed E-state index contributed by atoms with van der Waals surface area (Å²) in [5, 5.41) is 8.37. The maximum atomic E-state index is 5.35. The van der Waals surface area contributed by atoms with Crippen LogP contribution in [0.4, 0.5) is 0 Å². The van der Waals surface area contributed by atoms with Crippen molar-refractivity contribution in [1.29, 1.82) is 0 Å². The van der Waals surface area contributed by atoms with Crippen LogP contribution in [0.2, 0.25) is 0 Å². The zero-order chi connectivity index (χ0) is 15.4. The van der Waals surface area contributed by atoms with Crippen LogP contribution in [0.1, 0.15) is 0 Å². The van der Waals surface area contributed by atoms with Crippen LogP contribution < -0.4 is 9.47 Å². The lowest BCUT2D eigenvalue weighted by Crippen LogP contribution is -2.01. The first-order valence-electron chi connectivity index (χ1n) is 6.66. The minimum atomic E-state index is 0.404. The Morgan fingerprint density at radius 1 is 0.864 bits per heavy atom. The fourth-order valence-electron chi connectivity index (χ4n) is 1.99. The highest BCUT2D eigenvalue weighted by molar-refractivity contribution is 5.65. The first-order valence-corrected chi connectivity index (χ1v) is 6.66. The summed E-state index contributed by atoms with van der Waals surface area (Å²) in [6.45, 7) is 0. The van der Waals surface area contributed by atoms with Crippen LogP contribution in [0.3, 0.4) is 0 Å². The molecule has 2 aromatic heterocycles. The molecule has 0 aliphatic carbocycles. The Morgan fingerprint density at radius 2 is 1.68 bits per heavy atom. The number of rotatable bonds is 4. The topological polar surface area (TPSA) is 70.0 Å². The lowest BCUT2D eigenvalue weighted by molar-refractivity contribution is 0.396. The molecule has 0 saturated carbocycles. The van der Waals surface area contributed by atoms with E-state index in [2.05, 4.69) is 20.2 Å². The number of pyridine rings is 1. The van der Waals surface area contributed by atoms with Gasteiger partial charge in [-0.05, 0) is 36.4 Å². The van der Waals surface area contributed by atoms with Gasteiger partial charge in [0.1, 0.15) is 11.4 Å². The van der Waals surface area contributed by atoms with Gasteiger partial charge in [0.25, 0.3) is 0 Å². The number of ether oxygens (including phenoxy) is 2. The van der Waals surface area contributed by atoms with Gasteiger partial charge in [-0.25, -0.2) is 0 Å². The summed E-state index contributed by atoms with van der Waals surface area (Å²) in [5.74, 6) is 1.60. The molecule has 0 bridgehead atoms. The second kappa shape index (κ2) is 6.17. The Balaban J connectivity index is 2.02. The van der Waals surface area contributed by atoms with E-state index in [-0.39, 0.29) is 0 Å². The molecule has 1 aromatic carbocycles. The number of benzene rings is 1. The van der Waals surface area contributed by atoms with Crippen LogP contribution >= 0.6 is 0 Å². The Labute approximate surface area is 127 Å². The molecule has 0 unspecified atom stereocenters. The molecule has 6 heteroatoms. The molecule has 3 rings (SSSR count). The van der Waals surface area contributed by atoms with E-state index in [1.165, 1.54) is 0 Å². The van der Waals surface area contributed by atoms with Crippen molar-refractivity contribution in [2.24, 2.45) is 0 Å². The third-order valence-electron chi connectivity index (χ3n) is 3.11. The lowest BCUT2D eigenvalue weighted by atomic mass is 10.1. The van der Waals surface area contributed by atoms with Gasteiger partial charge in [-0.1, -0.05) is 6.07 Å².